The molecule has 76 valence electrons. The topological polar surface area (TPSA) is 26.0 Å². The summed E-state index contributed by atoms with van der Waals surface area (Å²) in [7, 11) is 0. The lowest BCUT2D eigenvalue weighted by Crippen LogP contribution is -2.06. The summed E-state index contributed by atoms with van der Waals surface area (Å²) >= 11 is 3.46. The van der Waals surface area contributed by atoms with Crippen LogP contribution in [0.1, 0.15) is 29.9 Å². The Labute approximate surface area is 91.6 Å². The van der Waals surface area contributed by atoms with Crippen LogP contribution in [0.5, 0.6) is 0 Å². The van der Waals surface area contributed by atoms with Crippen molar-refractivity contribution in [3.05, 3.63) is 33.5 Å². The van der Waals surface area contributed by atoms with Gasteiger partial charge in [-0.1, -0.05) is 15.9 Å². The molecule has 0 radical (unpaired) electrons. The number of benzene rings is 1. The van der Waals surface area contributed by atoms with E-state index in [4.69, 9.17) is 5.73 Å². The summed E-state index contributed by atoms with van der Waals surface area (Å²) in [6.45, 7) is 0.635. The monoisotopic (exact) mass is 257 g/mol. The SMILES string of the molecule is NCCC1CCc2c(Br)ccc(F)c21. The molecular formula is C11H13BrFN. The Morgan fingerprint density at radius 2 is 2.29 bits per heavy atom. The molecule has 0 aromatic heterocycles. The van der Waals surface area contributed by atoms with Gasteiger partial charge in [-0.25, -0.2) is 4.39 Å². The first-order valence-electron chi connectivity index (χ1n) is 4.91. The average Bonchev–Trinajstić information content (AvgIpc) is 2.58. The molecule has 0 aliphatic heterocycles. The first-order chi connectivity index (χ1) is 6.74. The van der Waals surface area contributed by atoms with Gasteiger partial charge >= 0.3 is 0 Å². The van der Waals surface area contributed by atoms with Gasteiger partial charge in [0.1, 0.15) is 5.82 Å². The summed E-state index contributed by atoms with van der Waals surface area (Å²) < 4.78 is 14.6. The van der Waals surface area contributed by atoms with Crippen molar-refractivity contribution in [3.8, 4) is 0 Å². The number of halogens is 2. The van der Waals surface area contributed by atoms with Crippen LogP contribution in [-0.2, 0) is 6.42 Å². The van der Waals surface area contributed by atoms with Crippen molar-refractivity contribution in [1.82, 2.24) is 0 Å². The molecule has 1 aromatic carbocycles. The van der Waals surface area contributed by atoms with E-state index in [2.05, 4.69) is 15.9 Å². The highest BCUT2D eigenvalue weighted by atomic mass is 79.9. The third-order valence-corrected chi connectivity index (χ3v) is 3.66. The van der Waals surface area contributed by atoms with E-state index in [9.17, 15) is 4.39 Å². The molecule has 0 saturated carbocycles. The van der Waals surface area contributed by atoms with Crippen LogP contribution in [0.2, 0.25) is 0 Å². The van der Waals surface area contributed by atoms with Gasteiger partial charge < -0.3 is 5.73 Å². The predicted molar refractivity (Wildman–Crippen MR) is 58.8 cm³/mol. The molecule has 0 bridgehead atoms. The zero-order valence-electron chi connectivity index (χ0n) is 7.89. The number of hydrogen-bond donors (Lipinski definition) is 1. The summed E-state index contributed by atoms with van der Waals surface area (Å²) in [5, 5.41) is 0. The zero-order chi connectivity index (χ0) is 10.1. The van der Waals surface area contributed by atoms with Crippen molar-refractivity contribution in [3.63, 3.8) is 0 Å². The quantitative estimate of drug-likeness (QED) is 0.867. The molecule has 1 aliphatic carbocycles. The molecule has 14 heavy (non-hydrogen) atoms. The van der Waals surface area contributed by atoms with Crippen LogP contribution in [-0.4, -0.2) is 6.54 Å². The van der Waals surface area contributed by atoms with Crippen LogP contribution >= 0.6 is 15.9 Å². The second-order valence-electron chi connectivity index (χ2n) is 3.73. The summed E-state index contributed by atoms with van der Waals surface area (Å²) in [6.07, 6.45) is 2.89. The first-order valence-corrected chi connectivity index (χ1v) is 5.70. The Morgan fingerprint density at radius 1 is 1.50 bits per heavy atom. The molecule has 3 heteroatoms. The van der Waals surface area contributed by atoms with Crippen LogP contribution in [0.25, 0.3) is 0 Å². The zero-order valence-corrected chi connectivity index (χ0v) is 9.48. The van der Waals surface area contributed by atoms with Crippen molar-refractivity contribution >= 4 is 15.9 Å². The summed E-state index contributed by atoms with van der Waals surface area (Å²) in [5.74, 6) is 0.256. The minimum absolute atomic E-state index is 0.0702. The van der Waals surface area contributed by atoms with Crippen molar-refractivity contribution in [2.24, 2.45) is 5.73 Å². The molecule has 0 fully saturated rings. The molecule has 2 rings (SSSR count). The number of rotatable bonds is 2. The summed E-state index contributed by atoms with van der Waals surface area (Å²) in [6, 6.07) is 3.33. The Balaban J connectivity index is 2.42. The van der Waals surface area contributed by atoms with Crippen molar-refractivity contribution in [2.45, 2.75) is 25.2 Å². The minimum Gasteiger partial charge on any atom is -0.330 e. The van der Waals surface area contributed by atoms with Crippen LogP contribution in [0.4, 0.5) is 4.39 Å². The molecule has 1 unspecified atom stereocenters. The number of fused-ring (bicyclic) bond motifs is 1. The van der Waals surface area contributed by atoms with Gasteiger partial charge in [-0.15, -0.1) is 0 Å². The van der Waals surface area contributed by atoms with Gasteiger partial charge in [0.2, 0.25) is 0 Å². The highest BCUT2D eigenvalue weighted by Crippen LogP contribution is 2.40. The van der Waals surface area contributed by atoms with Gasteiger partial charge in [0, 0.05) is 4.47 Å². The fourth-order valence-corrected chi connectivity index (χ4v) is 2.80. The Hall–Kier alpha value is -0.410. The lowest BCUT2D eigenvalue weighted by atomic mass is 9.97. The molecule has 1 aromatic rings. The van der Waals surface area contributed by atoms with E-state index in [1.807, 2.05) is 0 Å². The smallest absolute Gasteiger partial charge is 0.127 e. The van der Waals surface area contributed by atoms with Crippen LogP contribution in [0.15, 0.2) is 16.6 Å². The Kier molecular flexibility index (Phi) is 2.88. The molecule has 0 heterocycles. The summed E-state index contributed by atoms with van der Waals surface area (Å²) in [4.78, 5) is 0. The van der Waals surface area contributed by atoms with Crippen LogP contribution in [0, 0.1) is 5.82 Å². The maximum atomic E-state index is 13.6. The van der Waals surface area contributed by atoms with Crippen molar-refractivity contribution < 1.29 is 4.39 Å². The second-order valence-corrected chi connectivity index (χ2v) is 4.59. The van der Waals surface area contributed by atoms with Crippen molar-refractivity contribution in [1.29, 1.82) is 0 Å². The van der Waals surface area contributed by atoms with E-state index < -0.39 is 0 Å². The van der Waals surface area contributed by atoms with Gasteiger partial charge in [-0.05, 0) is 55.0 Å². The highest BCUT2D eigenvalue weighted by molar-refractivity contribution is 9.10. The lowest BCUT2D eigenvalue weighted by molar-refractivity contribution is 0.564. The van der Waals surface area contributed by atoms with Crippen molar-refractivity contribution in [2.75, 3.05) is 6.54 Å². The normalized spacial score (nSPS) is 19.8. The fourth-order valence-electron chi connectivity index (χ4n) is 2.26. The molecule has 1 nitrogen and oxygen atoms in total. The lowest BCUT2D eigenvalue weighted by Gasteiger charge is -2.11. The largest absolute Gasteiger partial charge is 0.330 e. The molecule has 0 saturated heterocycles. The maximum Gasteiger partial charge on any atom is 0.127 e. The van der Waals surface area contributed by atoms with E-state index in [1.54, 1.807) is 6.07 Å². The molecule has 2 N–H and O–H groups in total. The van der Waals surface area contributed by atoms with Gasteiger partial charge in [-0.3, -0.25) is 0 Å². The third-order valence-electron chi connectivity index (χ3n) is 2.91. The first kappa shape index (κ1) is 10.1. The molecule has 1 aliphatic rings. The van der Waals surface area contributed by atoms with E-state index in [1.165, 1.54) is 6.07 Å². The minimum atomic E-state index is -0.0702. The van der Waals surface area contributed by atoms with E-state index >= 15 is 0 Å². The number of hydrogen-bond acceptors (Lipinski definition) is 1. The van der Waals surface area contributed by atoms with E-state index in [0.29, 0.717) is 12.5 Å². The predicted octanol–water partition coefficient (Wildman–Crippen LogP) is 2.97. The van der Waals surface area contributed by atoms with Gasteiger partial charge in [-0.2, -0.15) is 0 Å². The van der Waals surface area contributed by atoms with Gasteiger partial charge in [0.05, 0.1) is 0 Å². The third kappa shape index (κ3) is 1.59. The van der Waals surface area contributed by atoms with E-state index in [0.717, 1.165) is 34.9 Å². The standard InChI is InChI=1S/C11H13BrFN/c12-9-3-4-10(13)11-7(5-6-14)1-2-8(9)11/h3-4,7H,1-2,5-6,14H2. The van der Waals surface area contributed by atoms with E-state index in [-0.39, 0.29) is 5.82 Å². The Bertz CT molecular complexity index is 351. The fraction of sp³-hybridized carbons (Fsp3) is 0.455. The van der Waals surface area contributed by atoms with Gasteiger partial charge in [0.25, 0.3) is 0 Å². The number of nitrogens with two attached hydrogens (primary N) is 1. The molecule has 1 atom stereocenters. The van der Waals surface area contributed by atoms with Gasteiger partial charge in [0.15, 0.2) is 0 Å². The molecular weight excluding hydrogens is 245 g/mol. The Morgan fingerprint density at radius 3 is 3.00 bits per heavy atom. The highest BCUT2D eigenvalue weighted by Gasteiger charge is 2.26. The van der Waals surface area contributed by atoms with Crippen LogP contribution in [0.3, 0.4) is 0 Å². The maximum absolute atomic E-state index is 13.6. The molecule has 0 amide bonds. The summed E-state index contributed by atoms with van der Waals surface area (Å²) in [5.41, 5.74) is 7.55. The van der Waals surface area contributed by atoms with Crippen LogP contribution < -0.4 is 5.73 Å². The molecule has 0 spiro atoms. The second kappa shape index (κ2) is 3.99. The average molecular weight is 258 g/mol.